The third kappa shape index (κ3) is 3.95. The number of ether oxygens (including phenoxy) is 2. The van der Waals surface area contributed by atoms with Crippen LogP contribution in [0, 0.1) is 11.3 Å². The molecule has 1 rings (SSSR count). The van der Waals surface area contributed by atoms with Gasteiger partial charge in [-0.05, 0) is 18.4 Å². The Hall–Kier alpha value is -1.05. The van der Waals surface area contributed by atoms with Gasteiger partial charge in [-0.25, -0.2) is 4.79 Å². The van der Waals surface area contributed by atoms with Gasteiger partial charge in [0.05, 0.1) is 6.61 Å². The minimum Gasteiger partial charge on any atom is -0.464 e. The number of alkyl halides is 4. The van der Waals surface area contributed by atoms with Crippen molar-refractivity contribution < 1.29 is 32.5 Å². The Labute approximate surface area is 144 Å². The van der Waals surface area contributed by atoms with Crippen LogP contribution in [0.25, 0.3) is 0 Å². The standard InChI is InChI=1S/C16H22ClF3O4/c1-5-24-12(21)14(22,16(18,19)20)10-13(2,3)11-8-6-7-9-15(11,17)23-4/h6-9,11,22H,5,10H2,1-4H3. The highest BCUT2D eigenvalue weighted by atomic mass is 35.5. The van der Waals surface area contributed by atoms with E-state index in [2.05, 4.69) is 4.74 Å². The number of aliphatic hydroxyl groups is 1. The van der Waals surface area contributed by atoms with E-state index < -0.39 is 40.6 Å². The first-order valence-electron chi connectivity index (χ1n) is 7.40. The van der Waals surface area contributed by atoms with Gasteiger partial charge in [0, 0.05) is 19.4 Å². The van der Waals surface area contributed by atoms with Crippen molar-refractivity contribution in [2.24, 2.45) is 11.3 Å². The molecule has 0 radical (unpaired) electrons. The number of allylic oxidation sites excluding steroid dienone is 2. The number of carbonyl (C=O) groups is 1. The summed E-state index contributed by atoms with van der Waals surface area (Å²) in [5.41, 5.74) is -4.87. The number of methoxy groups -OCH3 is 1. The maximum absolute atomic E-state index is 13.4. The van der Waals surface area contributed by atoms with Gasteiger partial charge in [0.2, 0.25) is 0 Å². The van der Waals surface area contributed by atoms with E-state index >= 15 is 0 Å². The number of esters is 1. The first-order chi connectivity index (χ1) is 10.8. The fourth-order valence-corrected chi connectivity index (χ4v) is 3.33. The molecule has 0 saturated heterocycles. The normalized spacial score (nSPS) is 27.0. The maximum Gasteiger partial charge on any atom is 0.428 e. The molecule has 0 heterocycles. The van der Waals surface area contributed by atoms with Gasteiger partial charge in [0.15, 0.2) is 5.06 Å². The van der Waals surface area contributed by atoms with Crippen molar-refractivity contribution in [3.8, 4) is 0 Å². The molecule has 0 spiro atoms. The van der Waals surface area contributed by atoms with Crippen LogP contribution < -0.4 is 0 Å². The third-order valence-electron chi connectivity index (χ3n) is 4.11. The molecule has 24 heavy (non-hydrogen) atoms. The van der Waals surface area contributed by atoms with E-state index in [0.29, 0.717) is 0 Å². The van der Waals surface area contributed by atoms with Crippen LogP contribution in [0.2, 0.25) is 0 Å². The van der Waals surface area contributed by atoms with Gasteiger partial charge in [0.1, 0.15) is 0 Å². The zero-order valence-electron chi connectivity index (χ0n) is 14.0. The molecule has 4 nitrogen and oxygen atoms in total. The topological polar surface area (TPSA) is 55.8 Å². The number of carbonyl (C=O) groups excluding carboxylic acids is 1. The Bertz CT molecular complexity index is 530. The summed E-state index contributed by atoms with van der Waals surface area (Å²) in [6.45, 7) is 4.05. The van der Waals surface area contributed by atoms with E-state index in [-0.39, 0.29) is 6.61 Å². The predicted octanol–water partition coefficient (Wildman–Crippen LogP) is 3.58. The van der Waals surface area contributed by atoms with Gasteiger partial charge in [-0.3, -0.25) is 0 Å². The molecule has 0 amide bonds. The molecule has 0 saturated carbocycles. The number of hydrogen-bond acceptors (Lipinski definition) is 4. The molecule has 0 bridgehead atoms. The van der Waals surface area contributed by atoms with Crippen molar-refractivity contribution in [3.05, 3.63) is 24.3 Å². The molecule has 0 aromatic rings. The van der Waals surface area contributed by atoms with Gasteiger partial charge < -0.3 is 14.6 Å². The molecule has 1 aliphatic rings. The van der Waals surface area contributed by atoms with Gasteiger partial charge in [-0.15, -0.1) is 0 Å². The van der Waals surface area contributed by atoms with Gasteiger partial charge in [0.25, 0.3) is 5.60 Å². The van der Waals surface area contributed by atoms with Crippen molar-refractivity contribution in [3.63, 3.8) is 0 Å². The molecule has 3 atom stereocenters. The second-order valence-corrected chi connectivity index (χ2v) is 6.96. The maximum atomic E-state index is 13.4. The smallest absolute Gasteiger partial charge is 0.428 e. The van der Waals surface area contributed by atoms with E-state index in [9.17, 15) is 23.1 Å². The molecule has 0 aromatic heterocycles. The first-order valence-corrected chi connectivity index (χ1v) is 7.78. The monoisotopic (exact) mass is 370 g/mol. The summed E-state index contributed by atoms with van der Waals surface area (Å²) in [7, 11) is 1.33. The van der Waals surface area contributed by atoms with Crippen LogP contribution in [0.4, 0.5) is 13.2 Å². The summed E-state index contributed by atoms with van der Waals surface area (Å²) in [4.78, 5) is 11.8. The summed E-state index contributed by atoms with van der Waals surface area (Å²) in [5.74, 6) is -2.44. The molecule has 0 fully saturated rings. The van der Waals surface area contributed by atoms with Crippen molar-refractivity contribution in [2.75, 3.05) is 13.7 Å². The fourth-order valence-electron chi connectivity index (χ4n) is 2.89. The lowest BCUT2D eigenvalue weighted by Gasteiger charge is -2.45. The average molecular weight is 371 g/mol. The Morgan fingerprint density at radius 2 is 1.92 bits per heavy atom. The van der Waals surface area contributed by atoms with Crippen LogP contribution in [0.1, 0.15) is 27.2 Å². The van der Waals surface area contributed by atoms with Crippen LogP contribution >= 0.6 is 11.6 Å². The van der Waals surface area contributed by atoms with Crippen LogP contribution in [-0.4, -0.2) is 41.6 Å². The molecule has 1 N–H and O–H groups in total. The lowest BCUT2D eigenvalue weighted by Crippen LogP contribution is -2.57. The van der Waals surface area contributed by atoms with Crippen LogP contribution in [0.5, 0.6) is 0 Å². The minimum absolute atomic E-state index is 0.277. The van der Waals surface area contributed by atoms with Gasteiger partial charge in [-0.1, -0.05) is 43.7 Å². The molecular formula is C16H22ClF3O4. The van der Waals surface area contributed by atoms with Gasteiger partial charge in [-0.2, -0.15) is 13.2 Å². The summed E-state index contributed by atoms with van der Waals surface area (Å²) in [6, 6.07) is 0. The lowest BCUT2D eigenvalue weighted by molar-refractivity contribution is -0.272. The highest BCUT2D eigenvalue weighted by Crippen LogP contribution is 2.50. The zero-order valence-corrected chi connectivity index (χ0v) is 14.7. The molecule has 0 aromatic carbocycles. The molecular weight excluding hydrogens is 349 g/mol. The molecule has 0 aliphatic heterocycles. The molecule has 8 heteroatoms. The van der Waals surface area contributed by atoms with E-state index in [1.165, 1.54) is 34.0 Å². The highest BCUT2D eigenvalue weighted by Gasteiger charge is 2.64. The van der Waals surface area contributed by atoms with E-state index in [1.807, 2.05) is 0 Å². The van der Waals surface area contributed by atoms with E-state index in [1.54, 1.807) is 18.2 Å². The SMILES string of the molecule is CCOC(=O)C(O)(CC(C)(C)C1C=CC=CC1(Cl)OC)C(F)(F)F. The summed E-state index contributed by atoms with van der Waals surface area (Å²) < 4.78 is 49.9. The molecule has 3 unspecified atom stereocenters. The van der Waals surface area contributed by atoms with Crippen molar-refractivity contribution in [2.45, 2.75) is 44.0 Å². The summed E-state index contributed by atoms with van der Waals surface area (Å²) in [6.07, 6.45) is 0.236. The summed E-state index contributed by atoms with van der Waals surface area (Å²) in [5, 5.41) is 8.76. The van der Waals surface area contributed by atoms with Crippen LogP contribution in [0.3, 0.4) is 0 Å². The van der Waals surface area contributed by atoms with E-state index in [0.717, 1.165) is 0 Å². The Morgan fingerprint density at radius 1 is 1.33 bits per heavy atom. The quantitative estimate of drug-likeness (QED) is 0.573. The average Bonchev–Trinajstić information content (AvgIpc) is 2.46. The van der Waals surface area contributed by atoms with Crippen LogP contribution in [-0.2, 0) is 14.3 Å². The number of halogens is 4. The lowest BCUT2D eigenvalue weighted by atomic mass is 9.67. The number of hydrogen-bond donors (Lipinski definition) is 1. The molecule has 1 aliphatic carbocycles. The Morgan fingerprint density at radius 3 is 2.38 bits per heavy atom. The largest absolute Gasteiger partial charge is 0.464 e. The minimum atomic E-state index is -5.19. The van der Waals surface area contributed by atoms with Gasteiger partial charge >= 0.3 is 12.1 Å². The Kier molecular flexibility index (Phi) is 6.17. The Balaban J connectivity index is 3.23. The summed E-state index contributed by atoms with van der Waals surface area (Å²) >= 11 is 6.35. The second-order valence-electron chi connectivity index (χ2n) is 6.37. The third-order valence-corrected chi connectivity index (χ3v) is 4.63. The van der Waals surface area contributed by atoms with Crippen molar-refractivity contribution in [1.82, 2.24) is 0 Å². The highest BCUT2D eigenvalue weighted by molar-refractivity contribution is 6.24. The predicted molar refractivity (Wildman–Crippen MR) is 83.4 cm³/mol. The zero-order chi connectivity index (χ0) is 18.8. The number of rotatable bonds is 6. The first kappa shape index (κ1) is 21.0. The van der Waals surface area contributed by atoms with E-state index in [4.69, 9.17) is 16.3 Å². The van der Waals surface area contributed by atoms with Crippen molar-refractivity contribution >= 4 is 17.6 Å². The fraction of sp³-hybridized carbons (Fsp3) is 0.688. The molecule has 138 valence electrons. The van der Waals surface area contributed by atoms with Crippen LogP contribution in [0.15, 0.2) is 24.3 Å². The van der Waals surface area contributed by atoms with Crippen molar-refractivity contribution in [1.29, 1.82) is 0 Å². The second kappa shape index (κ2) is 7.06.